The van der Waals surface area contributed by atoms with Gasteiger partial charge < -0.3 is 10.5 Å². The maximum Gasteiger partial charge on any atom is 0.119 e. The summed E-state index contributed by atoms with van der Waals surface area (Å²) >= 11 is 0. The van der Waals surface area contributed by atoms with Crippen LogP contribution in [0.2, 0.25) is 0 Å². The number of benzene rings is 2. The predicted octanol–water partition coefficient (Wildman–Crippen LogP) is 4.09. The van der Waals surface area contributed by atoms with E-state index in [0.717, 1.165) is 37.3 Å². The number of nitrogens with two attached hydrogens (primary N) is 1. The smallest absolute Gasteiger partial charge is 0.119 e. The first-order valence-electron chi connectivity index (χ1n) is 6.37. The van der Waals surface area contributed by atoms with Gasteiger partial charge in [-0.1, -0.05) is 30.3 Å². The number of halogens is 1. The van der Waals surface area contributed by atoms with Gasteiger partial charge in [0.2, 0.25) is 0 Å². The average molecular weight is 278 g/mol. The molecule has 2 rings (SSSR count). The summed E-state index contributed by atoms with van der Waals surface area (Å²) in [6.45, 7) is 0.770. The number of unbranched alkanes of at least 4 members (excludes halogenated alkanes) is 1. The Morgan fingerprint density at radius 3 is 2.42 bits per heavy atom. The van der Waals surface area contributed by atoms with Gasteiger partial charge >= 0.3 is 0 Å². The summed E-state index contributed by atoms with van der Waals surface area (Å²) in [4.78, 5) is 0. The number of para-hydroxylation sites is 1. The summed E-state index contributed by atoms with van der Waals surface area (Å²) in [5.41, 5.74) is 7.88. The Labute approximate surface area is 121 Å². The monoisotopic (exact) mass is 277 g/mol. The van der Waals surface area contributed by atoms with Gasteiger partial charge in [0, 0.05) is 5.69 Å². The van der Waals surface area contributed by atoms with Crippen LogP contribution in [-0.4, -0.2) is 6.61 Å². The van der Waals surface area contributed by atoms with E-state index in [1.54, 1.807) is 0 Å². The molecule has 2 nitrogen and oxygen atoms in total. The van der Waals surface area contributed by atoms with Crippen molar-refractivity contribution >= 4 is 18.1 Å². The van der Waals surface area contributed by atoms with Gasteiger partial charge in [-0.2, -0.15) is 0 Å². The summed E-state index contributed by atoms with van der Waals surface area (Å²) in [6.07, 6.45) is 3.24. The van der Waals surface area contributed by atoms with E-state index in [0.29, 0.717) is 0 Å². The van der Waals surface area contributed by atoms with E-state index in [-0.39, 0.29) is 12.4 Å². The molecule has 2 aromatic rings. The summed E-state index contributed by atoms with van der Waals surface area (Å²) in [5.74, 6) is 0.946. The molecular weight excluding hydrogens is 258 g/mol. The highest BCUT2D eigenvalue weighted by molar-refractivity contribution is 5.85. The van der Waals surface area contributed by atoms with E-state index in [1.165, 1.54) is 5.56 Å². The van der Waals surface area contributed by atoms with Crippen molar-refractivity contribution in [3.8, 4) is 5.75 Å². The van der Waals surface area contributed by atoms with Crippen molar-refractivity contribution < 1.29 is 4.74 Å². The Balaban J connectivity index is 0.00000180. The molecule has 0 unspecified atom stereocenters. The van der Waals surface area contributed by atoms with Crippen molar-refractivity contribution in [3.63, 3.8) is 0 Å². The van der Waals surface area contributed by atoms with Crippen LogP contribution in [0.15, 0.2) is 54.6 Å². The zero-order valence-electron chi connectivity index (χ0n) is 10.9. The van der Waals surface area contributed by atoms with Crippen molar-refractivity contribution in [2.24, 2.45) is 0 Å². The Morgan fingerprint density at radius 1 is 0.895 bits per heavy atom. The van der Waals surface area contributed by atoms with Crippen LogP contribution in [0.4, 0.5) is 5.69 Å². The molecule has 2 N–H and O–H groups in total. The van der Waals surface area contributed by atoms with Crippen molar-refractivity contribution in [2.45, 2.75) is 19.3 Å². The first-order chi connectivity index (χ1) is 8.84. The molecule has 0 heterocycles. The Hall–Kier alpha value is -1.67. The molecule has 0 spiro atoms. The molecule has 19 heavy (non-hydrogen) atoms. The van der Waals surface area contributed by atoms with Gasteiger partial charge in [-0.3, -0.25) is 0 Å². The second-order valence-electron chi connectivity index (χ2n) is 4.36. The van der Waals surface area contributed by atoms with E-state index < -0.39 is 0 Å². The lowest BCUT2D eigenvalue weighted by Gasteiger charge is -2.06. The minimum Gasteiger partial charge on any atom is -0.494 e. The van der Waals surface area contributed by atoms with Crippen molar-refractivity contribution in [2.75, 3.05) is 12.3 Å². The largest absolute Gasteiger partial charge is 0.494 e. The van der Waals surface area contributed by atoms with Crippen molar-refractivity contribution in [1.29, 1.82) is 0 Å². The number of hydrogen-bond donors (Lipinski definition) is 1. The number of nitrogen functional groups attached to an aromatic ring is 1. The molecule has 102 valence electrons. The number of rotatable bonds is 6. The number of ether oxygens (including phenoxy) is 1. The average Bonchev–Trinajstić information content (AvgIpc) is 2.40. The highest BCUT2D eigenvalue weighted by Crippen LogP contribution is 2.11. The Bertz CT molecular complexity index is 473. The third kappa shape index (κ3) is 5.66. The topological polar surface area (TPSA) is 35.2 Å². The molecule has 0 aliphatic carbocycles. The van der Waals surface area contributed by atoms with Gasteiger partial charge in [0.05, 0.1) is 6.61 Å². The SMILES string of the molecule is Cl.Nc1cccc(CCCCOc2ccccc2)c1. The molecule has 0 saturated heterocycles. The van der Waals surface area contributed by atoms with Gasteiger partial charge in [0.1, 0.15) is 5.75 Å². The van der Waals surface area contributed by atoms with Crippen LogP contribution in [0.5, 0.6) is 5.75 Å². The minimum absolute atomic E-state index is 0. The predicted molar refractivity (Wildman–Crippen MR) is 83.0 cm³/mol. The van der Waals surface area contributed by atoms with Gasteiger partial charge in [0.15, 0.2) is 0 Å². The quantitative estimate of drug-likeness (QED) is 0.637. The number of hydrogen-bond acceptors (Lipinski definition) is 2. The zero-order chi connectivity index (χ0) is 12.6. The van der Waals surface area contributed by atoms with Crippen molar-refractivity contribution in [1.82, 2.24) is 0 Å². The summed E-state index contributed by atoms with van der Waals surface area (Å²) in [6, 6.07) is 18.0. The van der Waals surface area contributed by atoms with E-state index in [1.807, 2.05) is 48.5 Å². The highest BCUT2D eigenvalue weighted by Gasteiger charge is 1.95. The van der Waals surface area contributed by atoms with E-state index in [4.69, 9.17) is 10.5 Å². The van der Waals surface area contributed by atoms with E-state index in [9.17, 15) is 0 Å². The minimum atomic E-state index is 0. The lowest BCUT2D eigenvalue weighted by molar-refractivity contribution is 0.307. The Kier molecular flexibility index (Phi) is 6.83. The van der Waals surface area contributed by atoms with E-state index in [2.05, 4.69) is 6.07 Å². The maximum absolute atomic E-state index is 5.74. The molecule has 0 aliphatic heterocycles. The molecule has 0 amide bonds. The second-order valence-corrected chi connectivity index (χ2v) is 4.36. The van der Waals surface area contributed by atoms with Gasteiger partial charge in [0.25, 0.3) is 0 Å². The van der Waals surface area contributed by atoms with Crippen molar-refractivity contribution in [3.05, 3.63) is 60.2 Å². The fraction of sp³-hybridized carbons (Fsp3) is 0.250. The molecule has 0 atom stereocenters. The van der Waals surface area contributed by atoms with Crippen LogP contribution in [0.1, 0.15) is 18.4 Å². The number of aryl methyl sites for hydroxylation is 1. The zero-order valence-corrected chi connectivity index (χ0v) is 11.7. The van der Waals surface area contributed by atoms with Gasteiger partial charge in [-0.05, 0) is 49.1 Å². The van der Waals surface area contributed by atoms with Crippen LogP contribution in [0.25, 0.3) is 0 Å². The summed E-state index contributed by atoms with van der Waals surface area (Å²) in [5, 5.41) is 0. The molecule has 2 aromatic carbocycles. The molecule has 0 fully saturated rings. The van der Waals surface area contributed by atoms with Gasteiger partial charge in [-0.15, -0.1) is 12.4 Å². The maximum atomic E-state index is 5.74. The highest BCUT2D eigenvalue weighted by atomic mass is 35.5. The summed E-state index contributed by atoms with van der Waals surface area (Å²) < 4.78 is 5.64. The molecule has 3 heteroatoms. The fourth-order valence-electron chi connectivity index (χ4n) is 1.89. The normalized spacial score (nSPS) is 9.68. The lowest BCUT2D eigenvalue weighted by atomic mass is 10.1. The van der Waals surface area contributed by atoms with E-state index >= 15 is 0 Å². The van der Waals surface area contributed by atoms with Crippen LogP contribution in [0, 0.1) is 0 Å². The van der Waals surface area contributed by atoms with Crippen LogP contribution in [0.3, 0.4) is 0 Å². The fourth-order valence-corrected chi connectivity index (χ4v) is 1.89. The first kappa shape index (κ1) is 15.4. The molecule has 0 aromatic heterocycles. The molecule has 0 saturated carbocycles. The standard InChI is InChI=1S/C16H19NO.ClH/c17-15-9-6-8-14(13-15)7-4-5-12-18-16-10-2-1-3-11-16;/h1-3,6,8-11,13H,4-5,7,12,17H2;1H. The van der Waals surface area contributed by atoms with Gasteiger partial charge in [-0.25, -0.2) is 0 Å². The van der Waals surface area contributed by atoms with Crippen LogP contribution >= 0.6 is 12.4 Å². The summed E-state index contributed by atoms with van der Waals surface area (Å²) in [7, 11) is 0. The molecule has 0 bridgehead atoms. The van der Waals surface area contributed by atoms with Crippen LogP contribution < -0.4 is 10.5 Å². The van der Waals surface area contributed by atoms with Crippen LogP contribution in [-0.2, 0) is 6.42 Å². The molecular formula is C16H20ClNO. The molecule has 0 aliphatic rings. The lowest BCUT2D eigenvalue weighted by Crippen LogP contribution is -1.98. The number of anilines is 1. The first-order valence-corrected chi connectivity index (χ1v) is 6.37. The molecule has 0 radical (unpaired) electrons. The Morgan fingerprint density at radius 2 is 1.68 bits per heavy atom. The third-order valence-corrected chi connectivity index (χ3v) is 2.82. The third-order valence-electron chi connectivity index (χ3n) is 2.82. The second kappa shape index (κ2) is 8.44.